The van der Waals surface area contributed by atoms with Crippen LogP contribution in [0.3, 0.4) is 0 Å². The van der Waals surface area contributed by atoms with Gasteiger partial charge in [-0.25, -0.2) is 13.8 Å². The lowest BCUT2D eigenvalue weighted by molar-refractivity contribution is 0.143. The van der Waals surface area contributed by atoms with Crippen molar-refractivity contribution in [3.05, 3.63) is 25.8 Å². The molecule has 0 fully saturated rings. The predicted octanol–water partition coefficient (Wildman–Crippen LogP) is 3.53. The van der Waals surface area contributed by atoms with E-state index in [2.05, 4.69) is 20.9 Å². The number of hydrogen-bond acceptors (Lipinski definition) is 1. The fourth-order valence-electron chi connectivity index (χ4n) is 0.610. The van der Waals surface area contributed by atoms with Gasteiger partial charge in [0.2, 0.25) is 5.95 Å². The number of nitrogens with zero attached hydrogens (tertiary/aromatic N) is 1. The molecule has 1 nitrogen and oxygen atoms in total. The highest BCUT2D eigenvalue weighted by molar-refractivity contribution is 14.1. The van der Waals surface area contributed by atoms with Crippen molar-refractivity contribution in [1.82, 2.24) is 4.98 Å². The number of alkyl halides is 2. The molecule has 12 heavy (non-hydrogen) atoms. The highest BCUT2D eigenvalue weighted by Gasteiger charge is 2.16. The van der Waals surface area contributed by atoms with E-state index in [0.29, 0.717) is 0 Å². The summed E-state index contributed by atoms with van der Waals surface area (Å²) in [5.74, 6) is -0.867. The third kappa shape index (κ3) is 2.09. The maximum atomic E-state index is 12.6. The lowest BCUT2D eigenvalue weighted by atomic mass is 10.4. The molecule has 6 heteroatoms. The first-order valence-electron chi connectivity index (χ1n) is 2.82. The molecule has 0 saturated carbocycles. The van der Waals surface area contributed by atoms with Gasteiger partial charge in [-0.2, -0.15) is 4.39 Å². The van der Waals surface area contributed by atoms with Crippen LogP contribution in [0.2, 0.25) is 0 Å². The molecule has 0 atom stereocenters. The minimum Gasteiger partial charge on any atom is -0.217 e. The molecule has 1 aromatic heterocycles. The lowest BCUT2D eigenvalue weighted by Gasteiger charge is -2.02. The summed E-state index contributed by atoms with van der Waals surface area (Å²) in [5, 5.41) is 0. The van der Waals surface area contributed by atoms with Crippen molar-refractivity contribution in [3.63, 3.8) is 0 Å². The summed E-state index contributed by atoms with van der Waals surface area (Å²) in [7, 11) is 0. The number of hydrogen-bond donors (Lipinski definition) is 0. The molecule has 1 heterocycles. The molecule has 0 amide bonds. The average molecular weight is 352 g/mol. The van der Waals surface area contributed by atoms with Crippen molar-refractivity contribution < 1.29 is 13.2 Å². The number of pyridine rings is 1. The predicted molar refractivity (Wildman–Crippen MR) is 49.6 cm³/mol. The minimum atomic E-state index is -2.76. The van der Waals surface area contributed by atoms with E-state index in [4.69, 9.17) is 0 Å². The van der Waals surface area contributed by atoms with Crippen molar-refractivity contribution in [1.29, 1.82) is 0 Å². The fraction of sp³-hybridized carbons (Fsp3) is 0.167. The monoisotopic (exact) mass is 351 g/mol. The van der Waals surface area contributed by atoms with Crippen LogP contribution in [-0.4, -0.2) is 4.98 Å². The number of aromatic nitrogens is 1. The molecular formula is C6H2BrF3IN. The first-order chi connectivity index (χ1) is 5.52. The van der Waals surface area contributed by atoms with E-state index in [-0.39, 0.29) is 8.04 Å². The quantitative estimate of drug-likeness (QED) is 0.557. The maximum Gasteiger partial charge on any atom is 0.281 e. The Morgan fingerprint density at radius 1 is 1.50 bits per heavy atom. The molecule has 0 aromatic carbocycles. The molecule has 1 aromatic rings. The van der Waals surface area contributed by atoms with Gasteiger partial charge in [-0.1, -0.05) is 0 Å². The van der Waals surface area contributed by atoms with Crippen molar-refractivity contribution >= 4 is 38.5 Å². The van der Waals surface area contributed by atoms with Crippen LogP contribution >= 0.6 is 38.5 Å². The second kappa shape index (κ2) is 3.91. The van der Waals surface area contributed by atoms with Crippen LogP contribution in [0, 0.1) is 9.52 Å². The Bertz CT molecular complexity index is 305. The van der Waals surface area contributed by atoms with Gasteiger partial charge in [0.1, 0.15) is 5.69 Å². The lowest BCUT2D eigenvalue weighted by Crippen LogP contribution is -1.97. The topological polar surface area (TPSA) is 12.9 Å². The van der Waals surface area contributed by atoms with Gasteiger partial charge in [-0.15, -0.1) is 0 Å². The van der Waals surface area contributed by atoms with E-state index >= 15 is 0 Å². The molecule has 0 spiro atoms. The zero-order valence-corrected chi connectivity index (χ0v) is 9.24. The Kier molecular flexibility index (Phi) is 3.33. The van der Waals surface area contributed by atoms with Crippen LogP contribution in [0.25, 0.3) is 0 Å². The third-order valence-electron chi connectivity index (χ3n) is 1.12. The van der Waals surface area contributed by atoms with Crippen LogP contribution in [0.1, 0.15) is 12.1 Å². The second-order valence-corrected chi connectivity index (χ2v) is 3.95. The molecule has 66 valence electrons. The van der Waals surface area contributed by atoms with Crippen molar-refractivity contribution in [2.24, 2.45) is 0 Å². The molecule has 1 rings (SSSR count). The third-order valence-corrected chi connectivity index (χ3v) is 2.51. The first kappa shape index (κ1) is 10.2. The fourth-order valence-corrected chi connectivity index (χ4v) is 1.96. The molecular weight excluding hydrogens is 350 g/mol. The smallest absolute Gasteiger partial charge is 0.217 e. The standard InChI is InChI=1S/C6H2BrF3IN/c7-2-1-3(11)6(10)12-4(2)5(8)9/h1,5H. The Labute approximate surface area is 88.6 Å². The molecule has 0 saturated heterocycles. The van der Waals surface area contributed by atoms with Gasteiger partial charge in [-0.3, -0.25) is 0 Å². The molecule has 0 aliphatic carbocycles. The van der Waals surface area contributed by atoms with Crippen LogP contribution < -0.4 is 0 Å². The van der Waals surface area contributed by atoms with Crippen molar-refractivity contribution in [2.75, 3.05) is 0 Å². The van der Waals surface area contributed by atoms with E-state index in [1.54, 1.807) is 22.6 Å². The van der Waals surface area contributed by atoms with E-state index in [9.17, 15) is 13.2 Å². The number of rotatable bonds is 1. The SMILES string of the molecule is Fc1nc(C(F)F)c(Br)cc1I. The van der Waals surface area contributed by atoms with Gasteiger partial charge in [0.25, 0.3) is 6.43 Å². The largest absolute Gasteiger partial charge is 0.281 e. The van der Waals surface area contributed by atoms with Gasteiger partial charge in [0.15, 0.2) is 0 Å². The van der Waals surface area contributed by atoms with Crippen LogP contribution in [0.5, 0.6) is 0 Å². The summed E-state index contributed by atoms with van der Waals surface area (Å²) in [6, 6.07) is 1.27. The molecule has 0 aliphatic rings. The summed E-state index contributed by atoms with van der Waals surface area (Å²) >= 11 is 4.55. The van der Waals surface area contributed by atoms with Crippen LogP contribution in [0.4, 0.5) is 13.2 Å². The van der Waals surface area contributed by atoms with Crippen molar-refractivity contribution in [3.8, 4) is 0 Å². The summed E-state index contributed by atoms with van der Waals surface area (Å²) < 4.78 is 37.1. The summed E-state index contributed by atoms with van der Waals surface area (Å²) in [5.41, 5.74) is -0.562. The number of halogens is 5. The highest BCUT2D eigenvalue weighted by atomic mass is 127. The zero-order valence-electron chi connectivity index (χ0n) is 5.49. The molecule has 0 aliphatic heterocycles. The van der Waals surface area contributed by atoms with Gasteiger partial charge < -0.3 is 0 Å². The summed E-state index contributed by atoms with van der Waals surface area (Å²) in [6.07, 6.45) is -2.76. The Balaban J connectivity index is 3.23. The first-order valence-corrected chi connectivity index (χ1v) is 4.69. The van der Waals surface area contributed by atoms with E-state index in [1.165, 1.54) is 6.07 Å². The summed E-state index contributed by atoms with van der Waals surface area (Å²) in [6.45, 7) is 0. The molecule has 0 bridgehead atoms. The van der Waals surface area contributed by atoms with Gasteiger partial charge in [-0.05, 0) is 44.6 Å². The Morgan fingerprint density at radius 3 is 2.58 bits per heavy atom. The summed E-state index contributed by atoms with van der Waals surface area (Å²) in [4.78, 5) is 3.10. The maximum absolute atomic E-state index is 12.6. The molecule has 0 N–H and O–H groups in total. The Morgan fingerprint density at radius 2 is 2.08 bits per heavy atom. The van der Waals surface area contributed by atoms with E-state index in [0.717, 1.165) is 0 Å². The highest BCUT2D eigenvalue weighted by Crippen LogP contribution is 2.27. The van der Waals surface area contributed by atoms with Crippen molar-refractivity contribution in [2.45, 2.75) is 6.43 Å². The van der Waals surface area contributed by atoms with Gasteiger partial charge in [0.05, 0.1) is 3.57 Å². The van der Waals surface area contributed by atoms with E-state index in [1.807, 2.05) is 0 Å². The normalized spacial score (nSPS) is 10.8. The van der Waals surface area contributed by atoms with Gasteiger partial charge >= 0.3 is 0 Å². The molecule has 0 unspecified atom stereocenters. The average Bonchev–Trinajstić information content (AvgIpc) is 1.96. The Hall–Kier alpha value is 0.150. The van der Waals surface area contributed by atoms with Crippen LogP contribution in [-0.2, 0) is 0 Å². The zero-order chi connectivity index (χ0) is 9.30. The van der Waals surface area contributed by atoms with E-state index < -0.39 is 18.1 Å². The minimum absolute atomic E-state index is 0.128. The second-order valence-electron chi connectivity index (χ2n) is 1.93. The van der Waals surface area contributed by atoms with Crippen LogP contribution in [0.15, 0.2) is 10.5 Å². The molecule has 0 radical (unpaired) electrons. The van der Waals surface area contributed by atoms with Gasteiger partial charge in [0, 0.05) is 4.47 Å².